The molecule has 0 saturated carbocycles. The first kappa shape index (κ1) is 11.5. The maximum atomic E-state index is 11.6. The maximum absolute atomic E-state index is 11.6. The number of ketones is 1. The van der Waals surface area contributed by atoms with E-state index in [1.54, 1.807) is 0 Å². The van der Waals surface area contributed by atoms with Crippen molar-refractivity contribution in [3.8, 4) is 0 Å². The molecule has 1 aliphatic rings. The van der Waals surface area contributed by atoms with Gasteiger partial charge in [-0.05, 0) is 36.7 Å². The molecule has 0 spiro atoms. The molecule has 0 fully saturated rings. The van der Waals surface area contributed by atoms with E-state index in [1.165, 1.54) is 12.8 Å². The van der Waals surface area contributed by atoms with Crippen LogP contribution >= 0.6 is 0 Å². The van der Waals surface area contributed by atoms with Gasteiger partial charge in [-0.1, -0.05) is 33.3 Å². The van der Waals surface area contributed by atoms with E-state index in [0.29, 0.717) is 11.2 Å². The van der Waals surface area contributed by atoms with Crippen molar-refractivity contribution in [1.82, 2.24) is 0 Å². The lowest BCUT2D eigenvalue weighted by Gasteiger charge is -2.24. The molecule has 1 aliphatic carbocycles. The Kier molecular flexibility index (Phi) is 3.91. The molecular weight excluding hydrogens is 172 g/mol. The quantitative estimate of drug-likeness (QED) is 0.627. The summed E-state index contributed by atoms with van der Waals surface area (Å²) in [6, 6.07) is 0. The van der Waals surface area contributed by atoms with Crippen LogP contribution in [0.2, 0.25) is 0 Å². The summed E-state index contributed by atoms with van der Waals surface area (Å²) >= 11 is 0. The van der Waals surface area contributed by atoms with Crippen LogP contribution in [0, 0.1) is 5.41 Å². The first-order chi connectivity index (χ1) is 6.55. The predicted octanol–water partition coefficient (Wildman–Crippen LogP) is 3.88. The summed E-state index contributed by atoms with van der Waals surface area (Å²) < 4.78 is 0. The van der Waals surface area contributed by atoms with Gasteiger partial charge in [0.2, 0.25) is 0 Å². The molecule has 80 valence electrons. The standard InChI is InChI=1S/C13H22O/c1-4-9-13(2,3)10-8-12(14)11-6-5-7-11/h6H,4-5,7-10H2,1-3H3. The maximum Gasteiger partial charge on any atom is 0.158 e. The molecule has 0 saturated heterocycles. The van der Waals surface area contributed by atoms with E-state index >= 15 is 0 Å². The molecule has 0 aliphatic heterocycles. The van der Waals surface area contributed by atoms with Gasteiger partial charge in [-0.25, -0.2) is 0 Å². The average Bonchev–Trinajstić information content (AvgIpc) is 1.98. The van der Waals surface area contributed by atoms with E-state index in [9.17, 15) is 4.79 Å². The van der Waals surface area contributed by atoms with Gasteiger partial charge in [0.25, 0.3) is 0 Å². The zero-order valence-electron chi connectivity index (χ0n) is 9.73. The molecular formula is C13H22O. The Morgan fingerprint density at radius 1 is 1.43 bits per heavy atom. The smallest absolute Gasteiger partial charge is 0.158 e. The van der Waals surface area contributed by atoms with Gasteiger partial charge in [0.15, 0.2) is 5.78 Å². The molecule has 0 unspecified atom stereocenters. The summed E-state index contributed by atoms with van der Waals surface area (Å²) in [5.74, 6) is 0.389. The number of carbonyl (C=O) groups is 1. The Morgan fingerprint density at radius 3 is 2.50 bits per heavy atom. The van der Waals surface area contributed by atoms with Gasteiger partial charge in [-0.2, -0.15) is 0 Å². The van der Waals surface area contributed by atoms with Crippen LogP contribution in [-0.2, 0) is 4.79 Å². The lowest BCUT2D eigenvalue weighted by Crippen LogP contribution is -2.15. The van der Waals surface area contributed by atoms with E-state index < -0.39 is 0 Å². The fourth-order valence-corrected chi connectivity index (χ4v) is 1.96. The van der Waals surface area contributed by atoms with Crippen molar-refractivity contribution in [2.75, 3.05) is 0 Å². The third-order valence-corrected chi connectivity index (χ3v) is 3.12. The average molecular weight is 194 g/mol. The largest absolute Gasteiger partial charge is 0.295 e. The minimum atomic E-state index is 0.342. The second kappa shape index (κ2) is 4.77. The van der Waals surface area contributed by atoms with E-state index in [-0.39, 0.29) is 0 Å². The van der Waals surface area contributed by atoms with Gasteiger partial charge in [-0.15, -0.1) is 0 Å². The summed E-state index contributed by atoms with van der Waals surface area (Å²) in [5, 5.41) is 0. The summed E-state index contributed by atoms with van der Waals surface area (Å²) in [4.78, 5) is 11.6. The Bertz CT molecular complexity index is 236. The molecule has 0 heterocycles. The zero-order chi connectivity index (χ0) is 10.6. The van der Waals surface area contributed by atoms with Gasteiger partial charge in [0, 0.05) is 6.42 Å². The highest BCUT2D eigenvalue weighted by Gasteiger charge is 2.20. The molecule has 0 aromatic heterocycles. The van der Waals surface area contributed by atoms with Gasteiger partial charge < -0.3 is 0 Å². The highest BCUT2D eigenvalue weighted by molar-refractivity contribution is 5.96. The highest BCUT2D eigenvalue weighted by atomic mass is 16.1. The summed E-state index contributed by atoms with van der Waals surface area (Å²) in [6.07, 6.45) is 8.43. The number of hydrogen-bond donors (Lipinski definition) is 0. The highest BCUT2D eigenvalue weighted by Crippen LogP contribution is 2.30. The molecule has 0 bridgehead atoms. The minimum absolute atomic E-state index is 0.342. The normalized spacial score (nSPS) is 16.1. The minimum Gasteiger partial charge on any atom is -0.295 e. The Hall–Kier alpha value is -0.590. The summed E-state index contributed by atoms with van der Waals surface area (Å²) in [5.41, 5.74) is 1.42. The number of carbonyl (C=O) groups excluding carboxylic acids is 1. The molecule has 1 rings (SSSR count). The van der Waals surface area contributed by atoms with Crippen LogP contribution in [0.4, 0.5) is 0 Å². The molecule has 1 nitrogen and oxygen atoms in total. The van der Waals surface area contributed by atoms with E-state index in [4.69, 9.17) is 0 Å². The van der Waals surface area contributed by atoms with Crippen LogP contribution in [0.1, 0.15) is 59.3 Å². The fourth-order valence-electron chi connectivity index (χ4n) is 1.96. The van der Waals surface area contributed by atoms with Crippen LogP contribution in [0.5, 0.6) is 0 Å². The third-order valence-electron chi connectivity index (χ3n) is 3.12. The number of Topliss-reactive ketones (excluding diaryl/α,β-unsaturated/α-hetero) is 1. The molecule has 0 N–H and O–H groups in total. The van der Waals surface area contributed by atoms with E-state index in [2.05, 4.69) is 26.8 Å². The molecule has 0 aromatic carbocycles. The van der Waals surface area contributed by atoms with Crippen LogP contribution < -0.4 is 0 Å². The zero-order valence-corrected chi connectivity index (χ0v) is 9.73. The molecule has 0 radical (unpaired) electrons. The molecule has 0 atom stereocenters. The number of allylic oxidation sites excluding steroid dienone is 2. The molecule has 1 heteroatoms. The van der Waals surface area contributed by atoms with Crippen LogP contribution in [0.15, 0.2) is 11.6 Å². The van der Waals surface area contributed by atoms with Gasteiger partial charge in [-0.3, -0.25) is 4.79 Å². The SMILES string of the molecule is CCCC(C)(C)CCC(=O)C1=CCC1. The van der Waals surface area contributed by atoms with E-state index in [1.807, 2.05) is 0 Å². The first-order valence-corrected chi connectivity index (χ1v) is 5.77. The van der Waals surface area contributed by atoms with Crippen LogP contribution in [0.25, 0.3) is 0 Å². The number of rotatable bonds is 6. The van der Waals surface area contributed by atoms with Gasteiger partial charge in [0.05, 0.1) is 0 Å². The second-order valence-corrected chi connectivity index (χ2v) is 5.11. The van der Waals surface area contributed by atoms with Crippen molar-refractivity contribution in [2.24, 2.45) is 5.41 Å². The Balaban J connectivity index is 2.28. The van der Waals surface area contributed by atoms with Crippen molar-refractivity contribution in [2.45, 2.75) is 59.3 Å². The van der Waals surface area contributed by atoms with Crippen LogP contribution in [-0.4, -0.2) is 5.78 Å². The van der Waals surface area contributed by atoms with Crippen molar-refractivity contribution < 1.29 is 4.79 Å². The van der Waals surface area contributed by atoms with Gasteiger partial charge >= 0.3 is 0 Å². The lowest BCUT2D eigenvalue weighted by molar-refractivity contribution is -0.116. The third kappa shape index (κ3) is 3.28. The summed E-state index contributed by atoms with van der Waals surface area (Å²) in [7, 11) is 0. The van der Waals surface area contributed by atoms with Crippen molar-refractivity contribution in [1.29, 1.82) is 0 Å². The fraction of sp³-hybridized carbons (Fsp3) is 0.769. The Labute approximate surface area is 87.6 Å². The predicted molar refractivity (Wildman–Crippen MR) is 60.2 cm³/mol. The van der Waals surface area contributed by atoms with Gasteiger partial charge in [0.1, 0.15) is 0 Å². The van der Waals surface area contributed by atoms with Crippen molar-refractivity contribution in [3.05, 3.63) is 11.6 Å². The van der Waals surface area contributed by atoms with Crippen LogP contribution in [0.3, 0.4) is 0 Å². The molecule has 14 heavy (non-hydrogen) atoms. The summed E-state index contributed by atoms with van der Waals surface area (Å²) in [6.45, 7) is 6.73. The van der Waals surface area contributed by atoms with Crippen molar-refractivity contribution in [3.63, 3.8) is 0 Å². The van der Waals surface area contributed by atoms with E-state index in [0.717, 1.165) is 31.3 Å². The molecule has 0 aromatic rings. The Morgan fingerprint density at radius 2 is 2.07 bits per heavy atom. The van der Waals surface area contributed by atoms with Crippen molar-refractivity contribution >= 4 is 5.78 Å². The molecule has 0 amide bonds. The monoisotopic (exact) mass is 194 g/mol. The topological polar surface area (TPSA) is 17.1 Å². The second-order valence-electron chi connectivity index (χ2n) is 5.11. The first-order valence-electron chi connectivity index (χ1n) is 5.77. The number of hydrogen-bond acceptors (Lipinski definition) is 1. The lowest BCUT2D eigenvalue weighted by atomic mass is 9.81.